The summed E-state index contributed by atoms with van der Waals surface area (Å²) in [5.41, 5.74) is 3.43. The average Bonchev–Trinajstić information content (AvgIpc) is 2.98. The largest absolute Gasteiger partial charge is 0.382 e. The lowest BCUT2D eigenvalue weighted by molar-refractivity contribution is 0.593. The Kier molecular flexibility index (Phi) is 5.01. The number of rotatable bonds is 7. The summed E-state index contributed by atoms with van der Waals surface area (Å²) in [5, 5.41) is 10.6. The van der Waals surface area contributed by atoms with Crippen molar-refractivity contribution in [2.45, 2.75) is 45.6 Å². The molecule has 0 amide bonds. The summed E-state index contributed by atoms with van der Waals surface area (Å²) < 4.78 is 0. The van der Waals surface area contributed by atoms with Crippen LogP contribution in [0.5, 0.6) is 0 Å². The van der Waals surface area contributed by atoms with Crippen molar-refractivity contribution < 1.29 is 0 Å². The number of nitrogens with one attached hydrogen (secondary N) is 2. The average molecular weight is 257 g/mol. The molecule has 2 N–H and O–H groups in total. The predicted octanol–water partition coefficient (Wildman–Crippen LogP) is 4.46. The van der Waals surface area contributed by atoms with E-state index in [0.717, 1.165) is 5.69 Å². The number of anilines is 1. The lowest BCUT2D eigenvalue weighted by atomic mass is 10.1. The summed E-state index contributed by atoms with van der Waals surface area (Å²) in [4.78, 5) is 0. The smallest absolute Gasteiger partial charge is 0.0650 e. The molecule has 3 heteroatoms. The second-order valence-corrected chi connectivity index (χ2v) is 4.94. The molecule has 0 radical (unpaired) electrons. The van der Waals surface area contributed by atoms with Crippen molar-refractivity contribution in [2.24, 2.45) is 0 Å². The van der Waals surface area contributed by atoms with E-state index in [0.29, 0.717) is 6.04 Å². The van der Waals surface area contributed by atoms with Gasteiger partial charge in [-0.3, -0.25) is 5.10 Å². The molecular weight excluding hydrogens is 234 g/mol. The van der Waals surface area contributed by atoms with Crippen molar-refractivity contribution in [3.63, 3.8) is 0 Å². The summed E-state index contributed by atoms with van der Waals surface area (Å²) in [6.45, 7) is 4.48. The summed E-state index contributed by atoms with van der Waals surface area (Å²) >= 11 is 0. The highest BCUT2D eigenvalue weighted by atomic mass is 15.1. The molecule has 1 atom stereocenters. The van der Waals surface area contributed by atoms with Crippen LogP contribution in [0.15, 0.2) is 36.5 Å². The SMILES string of the molecule is CCCCC(CC)Nc1ccc(-c2ccn[nH]2)cc1. The molecule has 1 aromatic carbocycles. The maximum atomic E-state index is 3.98. The predicted molar refractivity (Wildman–Crippen MR) is 81.3 cm³/mol. The molecule has 2 rings (SSSR count). The summed E-state index contributed by atoms with van der Waals surface area (Å²) in [6.07, 6.45) is 6.74. The second kappa shape index (κ2) is 6.98. The highest BCUT2D eigenvalue weighted by molar-refractivity contribution is 5.62. The minimum Gasteiger partial charge on any atom is -0.382 e. The van der Waals surface area contributed by atoms with Gasteiger partial charge in [0.1, 0.15) is 0 Å². The lowest BCUT2D eigenvalue weighted by Gasteiger charge is -2.18. The van der Waals surface area contributed by atoms with Crippen LogP contribution in [0.4, 0.5) is 5.69 Å². The van der Waals surface area contributed by atoms with E-state index in [1.807, 2.05) is 6.07 Å². The molecule has 1 unspecified atom stereocenters. The van der Waals surface area contributed by atoms with Crippen molar-refractivity contribution in [3.05, 3.63) is 36.5 Å². The first kappa shape index (κ1) is 13.7. The Morgan fingerprint density at radius 2 is 1.95 bits per heavy atom. The van der Waals surface area contributed by atoms with Gasteiger partial charge in [-0.25, -0.2) is 0 Å². The fourth-order valence-corrected chi connectivity index (χ4v) is 2.23. The zero-order valence-corrected chi connectivity index (χ0v) is 11.8. The molecule has 2 aromatic rings. The van der Waals surface area contributed by atoms with Gasteiger partial charge in [0.15, 0.2) is 0 Å². The first-order valence-corrected chi connectivity index (χ1v) is 7.19. The van der Waals surface area contributed by atoms with Crippen LogP contribution in [-0.4, -0.2) is 16.2 Å². The molecule has 1 heterocycles. The highest BCUT2D eigenvalue weighted by Gasteiger charge is 2.05. The van der Waals surface area contributed by atoms with E-state index >= 15 is 0 Å². The maximum absolute atomic E-state index is 3.98. The van der Waals surface area contributed by atoms with Gasteiger partial charge in [0.05, 0.1) is 5.69 Å². The molecule has 102 valence electrons. The number of benzene rings is 1. The molecule has 0 spiro atoms. The molecule has 0 saturated carbocycles. The molecule has 1 aromatic heterocycles. The van der Waals surface area contributed by atoms with Crippen LogP contribution in [0.2, 0.25) is 0 Å². The number of hydrogen-bond acceptors (Lipinski definition) is 2. The van der Waals surface area contributed by atoms with Crippen molar-refractivity contribution in [1.29, 1.82) is 0 Å². The molecule has 3 nitrogen and oxygen atoms in total. The molecule has 19 heavy (non-hydrogen) atoms. The third-order valence-electron chi connectivity index (χ3n) is 3.47. The highest BCUT2D eigenvalue weighted by Crippen LogP contribution is 2.20. The van der Waals surface area contributed by atoms with Crippen LogP contribution in [0.3, 0.4) is 0 Å². The molecule has 0 aliphatic heterocycles. The molecule has 0 saturated heterocycles. The first-order valence-electron chi connectivity index (χ1n) is 7.19. The Labute approximate surface area is 115 Å². The third kappa shape index (κ3) is 3.85. The second-order valence-electron chi connectivity index (χ2n) is 4.94. The van der Waals surface area contributed by atoms with Gasteiger partial charge in [-0.2, -0.15) is 5.10 Å². The monoisotopic (exact) mass is 257 g/mol. The minimum absolute atomic E-state index is 0.581. The van der Waals surface area contributed by atoms with Gasteiger partial charge in [0, 0.05) is 17.9 Å². The van der Waals surface area contributed by atoms with Gasteiger partial charge in [-0.05, 0) is 36.6 Å². The molecule has 0 aliphatic carbocycles. The Hall–Kier alpha value is -1.77. The van der Waals surface area contributed by atoms with Gasteiger partial charge < -0.3 is 5.32 Å². The number of aromatic nitrogens is 2. The van der Waals surface area contributed by atoms with Crippen molar-refractivity contribution in [1.82, 2.24) is 10.2 Å². The van der Waals surface area contributed by atoms with Crippen LogP contribution in [0.1, 0.15) is 39.5 Å². The number of aromatic amines is 1. The zero-order chi connectivity index (χ0) is 13.5. The fraction of sp³-hybridized carbons (Fsp3) is 0.438. The van der Waals surface area contributed by atoms with E-state index in [9.17, 15) is 0 Å². The summed E-state index contributed by atoms with van der Waals surface area (Å²) in [6, 6.07) is 11.1. The quantitative estimate of drug-likeness (QED) is 0.769. The standard InChI is InChI=1S/C16H23N3/c1-3-5-6-14(4-2)18-15-9-7-13(8-10-15)16-11-12-17-19-16/h7-12,14,18H,3-6H2,1-2H3,(H,17,19). The first-order chi connectivity index (χ1) is 9.33. The van der Waals surface area contributed by atoms with Gasteiger partial charge in [0.25, 0.3) is 0 Å². The van der Waals surface area contributed by atoms with Crippen LogP contribution in [0, 0.1) is 0 Å². The van der Waals surface area contributed by atoms with Crippen LogP contribution in [0.25, 0.3) is 11.3 Å². The topological polar surface area (TPSA) is 40.7 Å². The number of unbranched alkanes of at least 4 members (excludes halogenated alkanes) is 1. The Bertz CT molecular complexity index is 459. The summed E-state index contributed by atoms with van der Waals surface area (Å²) in [5.74, 6) is 0. The number of H-pyrrole nitrogens is 1. The van der Waals surface area contributed by atoms with Gasteiger partial charge in [-0.15, -0.1) is 0 Å². The van der Waals surface area contributed by atoms with Crippen molar-refractivity contribution in [3.8, 4) is 11.3 Å². The fourth-order valence-electron chi connectivity index (χ4n) is 2.23. The Morgan fingerprint density at radius 3 is 2.53 bits per heavy atom. The van der Waals surface area contributed by atoms with E-state index in [4.69, 9.17) is 0 Å². The van der Waals surface area contributed by atoms with Crippen molar-refractivity contribution in [2.75, 3.05) is 5.32 Å². The summed E-state index contributed by atoms with van der Waals surface area (Å²) in [7, 11) is 0. The van der Waals surface area contributed by atoms with E-state index < -0.39 is 0 Å². The van der Waals surface area contributed by atoms with E-state index in [1.165, 1.54) is 36.9 Å². The molecule has 0 bridgehead atoms. The maximum Gasteiger partial charge on any atom is 0.0650 e. The lowest BCUT2D eigenvalue weighted by Crippen LogP contribution is -2.18. The number of nitrogens with zero attached hydrogens (tertiary/aromatic N) is 1. The Morgan fingerprint density at radius 1 is 1.16 bits per heavy atom. The van der Waals surface area contributed by atoms with Crippen molar-refractivity contribution >= 4 is 5.69 Å². The van der Waals surface area contributed by atoms with Gasteiger partial charge in [-0.1, -0.05) is 38.8 Å². The van der Waals surface area contributed by atoms with E-state index in [-0.39, 0.29) is 0 Å². The number of hydrogen-bond donors (Lipinski definition) is 2. The molecular formula is C16H23N3. The van der Waals surface area contributed by atoms with Crippen LogP contribution in [-0.2, 0) is 0 Å². The van der Waals surface area contributed by atoms with Gasteiger partial charge in [0.2, 0.25) is 0 Å². The molecule has 0 aliphatic rings. The normalized spacial score (nSPS) is 12.3. The molecule has 0 fully saturated rings. The van der Waals surface area contributed by atoms with Gasteiger partial charge >= 0.3 is 0 Å². The van der Waals surface area contributed by atoms with E-state index in [1.54, 1.807) is 6.20 Å². The third-order valence-corrected chi connectivity index (χ3v) is 3.47. The van der Waals surface area contributed by atoms with Crippen LogP contribution < -0.4 is 5.32 Å². The van der Waals surface area contributed by atoms with Crippen LogP contribution >= 0.6 is 0 Å². The zero-order valence-electron chi connectivity index (χ0n) is 11.8. The minimum atomic E-state index is 0.581. The Balaban J connectivity index is 1.98. The van der Waals surface area contributed by atoms with E-state index in [2.05, 4.69) is 53.6 Å².